The molecule has 1 unspecified atom stereocenters. The van der Waals surface area contributed by atoms with Crippen molar-refractivity contribution >= 4 is 23.6 Å². The first-order valence-electron chi connectivity index (χ1n) is 6.24. The standard InChI is InChI=1S/C14H17F2NO3S/c1-9(14(19)20-3)7-17(2)13(18)8-21-10-4-5-11(15)12(16)6-10/h4-6,9H,7-8H2,1-3H3. The summed E-state index contributed by atoms with van der Waals surface area (Å²) < 4.78 is 30.4. The van der Waals surface area contributed by atoms with Gasteiger partial charge in [0, 0.05) is 18.5 Å². The minimum atomic E-state index is -0.944. The summed E-state index contributed by atoms with van der Waals surface area (Å²) in [7, 11) is 2.87. The number of thioether (sulfide) groups is 1. The number of carbonyl (C=O) groups is 2. The van der Waals surface area contributed by atoms with Crippen molar-refractivity contribution in [3.63, 3.8) is 0 Å². The fraction of sp³-hybridized carbons (Fsp3) is 0.429. The predicted octanol–water partition coefficient (Wildman–Crippen LogP) is 2.32. The van der Waals surface area contributed by atoms with Gasteiger partial charge in [-0.1, -0.05) is 6.92 Å². The van der Waals surface area contributed by atoms with Gasteiger partial charge in [0.25, 0.3) is 0 Å². The monoisotopic (exact) mass is 317 g/mol. The number of esters is 1. The van der Waals surface area contributed by atoms with Crippen LogP contribution in [0.4, 0.5) is 8.78 Å². The highest BCUT2D eigenvalue weighted by Crippen LogP contribution is 2.20. The third kappa shape index (κ3) is 5.34. The van der Waals surface area contributed by atoms with Crippen LogP contribution in [0.25, 0.3) is 0 Å². The van der Waals surface area contributed by atoms with Crippen LogP contribution in [0.5, 0.6) is 0 Å². The Morgan fingerprint density at radius 1 is 1.33 bits per heavy atom. The number of hydrogen-bond acceptors (Lipinski definition) is 4. The van der Waals surface area contributed by atoms with Gasteiger partial charge in [-0.15, -0.1) is 11.8 Å². The van der Waals surface area contributed by atoms with E-state index in [1.165, 1.54) is 18.1 Å². The van der Waals surface area contributed by atoms with Gasteiger partial charge in [-0.05, 0) is 18.2 Å². The van der Waals surface area contributed by atoms with E-state index in [4.69, 9.17) is 0 Å². The average Bonchev–Trinajstić information content (AvgIpc) is 2.46. The first kappa shape index (κ1) is 17.4. The third-order valence-electron chi connectivity index (χ3n) is 2.83. The molecule has 1 atom stereocenters. The zero-order chi connectivity index (χ0) is 16.0. The molecule has 21 heavy (non-hydrogen) atoms. The molecule has 116 valence electrons. The molecule has 0 aromatic heterocycles. The van der Waals surface area contributed by atoms with E-state index in [-0.39, 0.29) is 24.2 Å². The van der Waals surface area contributed by atoms with Crippen molar-refractivity contribution in [2.24, 2.45) is 5.92 Å². The van der Waals surface area contributed by atoms with Crippen molar-refractivity contribution in [2.45, 2.75) is 11.8 Å². The summed E-state index contributed by atoms with van der Waals surface area (Å²) in [6, 6.07) is 3.48. The summed E-state index contributed by atoms with van der Waals surface area (Å²) in [5.74, 6) is -2.80. The predicted molar refractivity (Wildman–Crippen MR) is 75.9 cm³/mol. The van der Waals surface area contributed by atoms with E-state index in [0.717, 1.165) is 23.9 Å². The molecule has 0 saturated carbocycles. The molecule has 4 nitrogen and oxygen atoms in total. The maximum absolute atomic E-state index is 13.0. The zero-order valence-corrected chi connectivity index (χ0v) is 12.9. The third-order valence-corrected chi connectivity index (χ3v) is 3.81. The normalized spacial score (nSPS) is 11.9. The van der Waals surface area contributed by atoms with Gasteiger partial charge in [-0.3, -0.25) is 9.59 Å². The SMILES string of the molecule is COC(=O)C(C)CN(C)C(=O)CSc1ccc(F)c(F)c1. The fourth-order valence-electron chi connectivity index (χ4n) is 1.61. The van der Waals surface area contributed by atoms with E-state index >= 15 is 0 Å². The van der Waals surface area contributed by atoms with E-state index in [2.05, 4.69) is 4.74 Å². The first-order valence-corrected chi connectivity index (χ1v) is 7.23. The summed E-state index contributed by atoms with van der Waals surface area (Å²) in [6.07, 6.45) is 0. The van der Waals surface area contributed by atoms with Crippen molar-refractivity contribution < 1.29 is 23.1 Å². The molecule has 0 aliphatic heterocycles. The molecular formula is C14H17F2NO3S. The minimum absolute atomic E-state index is 0.0788. The Balaban J connectivity index is 2.49. The van der Waals surface area contributed by atoms with Crippen molar-refractivity contribution in [1.82, 2.24) is 4.90 Å². The van der Waals surface area contributed by atoms with Crippen LogP contribution in [0.15, 0.2) is 23.1 Å². The molecule has 1 aromatic carbocycles. The van der Waals surface area contributed by atoms with Crippen LogP contribution in [-0.4, -0.2) is 43.2 Å². The lowest BCUT2D eigenvalue weighted by Crippen LogP contribution is -2.35. The highest BCUT2D eigenvalue weighted by Gasteiger charge is 2.18. The number of rotatable bonds is 6. The molecule has 1 amide bonds. The number of nitrogens with zero attached hydrogens (tertiary/aromatic N) is 1. The van der Waals surface area contributed by atoms with Crippen LogP contribution in [0.2, 0.25) is 0 Å². The lowest BCUT2D eigenvalue weighted by Gasteiger charge is -2.20. The van der Waals surface area contributed by atoms with Crippen LogP contribution in [0.3, 0.4) is 0 Å². The second kappa shape index (κ2) is 7.97. The van der Waals surface area contributed by atoms with Crippen LogP contribution in [0, 0.1) is 17.6 Å². The van der Waals surface area contributed by atoms with Crippen molar-refractivity contribution in [3.8, 4) is 0 Å². The molecule has 0 spiro atoms. The molecule has 0 bridgehead atoms. The Hall–Kier alpha value is -1.63. The van der Waals surface area contributed by atoms with Crippen LogP contribution in [-0.2, 0) is 14.3 Å². The minimum Gasteiger partial charge on any atom is -0.469 e. The zero-order valence-electron chi connectivity index (χ0n) is 12.1. The van der Waals surface area contributed by atoms with E-state index < -0.39 is 17.6 Å². The molecule has 1 aromatic rings. The van der Waals surface area contributed by atoms with Gasteiger partial charge >= 0.3 is 5.97 Å². The smallest absolute Gasteiger partial charge is 0.310 e. The lowest BCUT2D eigenvalue weighted by molar-refractivity contribution is -0.145. The molecule has 7 heteroatoms. The largest absolute Gasteiger partial charge is 0.469 e. The molecular weight excluding hydrogens is 300 g/mol. The van der Waals surface area contributed by atoms with Gasteiger partial charge in [0.2, 0.25) is 5.91 Å². The molecule has 1 rings (SSSR count). The average molecular weight is 317 g/mol. The highest BCUT2D eigenvalue weighted by atomic mass is 32.2. The molecule has 0 radical (unpaired) electrons. The number of benzene rings is 1. The van der Waals surface area contributed by atoms with Crippen molar-refractivity contribution in [1.29, 1.82) is 0 Å². The van der Waals surface area contributed by atoms with Crippen LogP contribution >= 0.6 is 11.8 Å². The Bertz CT molecular complexity index is 525. The van der Waals surface area contributed by atoms with Gasteiger partial charge in [-0.2, -0.15) is 0 Å². The fourth-order valence-corrected chi connectivity index (χ4v) is 2.47. The van der Waals surface area contributed by atoms with Crippen molar-refractivity contribution in [3.05, 3.63) is 29.8 Å². The summed E-state index contributed by atoms with van der Waals surface area (Å²) in [5.41, 5.74) is 0. The number of amides is 1. The van der Waals surface area contributed by atoms with Gasteiger partial charge in [-0.25, -0.2) is 8.78 Å². The number of carbonyl (C=O) groups excluding carboxylic acids is 2. The van der Waals surface area contributed by atoms with Crippen LogP contribution in [0.1, 0.15) is 6.92 Å². The second-order valence-electron chi connectivity index (χ2n) is 4.56. The van der Waals surface area contributed by atoms with E-state index in [1.54, 1.807) is 14.0 Å². The molecule has 0 heterocycles. The first-order chi connectivity index (χ1) is 9.85. The summed E-state index contributed by atoms with van der Waals surface area (Å²) in [5, 5.41) is 0. The number of hydrogen-bond donors (Lipinski definition) is 0. The van der Waals surface area contributed by atoms with E-state index in [0.29, 0.717) is 4.90 Å². The quantitative estimate of drug-likeness (QED) is 0.597. The maximum atomic E-state index is 13.0. The second-order valence-corrected chi connectivity index (χ2v) is 5.61. The topological polar surface area (TPSA) is 46.6 Å². The summed E-state index contributed by atoms with van der Waals surface area (Å²) >= 11 is 1.11. The molecule has 0 N–H and O–H groups in total. The van der Waals surface area contributed by atoms with Gasteiger partial charge in [0.1, 0.15) is 0 Å². The summed E-state index contributed by atoms with van der Waals surface area (Å²) in [6.45, 7) is 1.90. The summed E-state index contributed by atoms with van der Waals surface area (Å²) in [4.78, 5) is 25.1. The molecule has 0 aliphatic rings. The van der Waals surface area contributed by atoms with E-state index in [9.17, 15) is 18.4 Å². The number of methoxy groups -OCH3 is 1. The highest BCUT2D eigenvalue weighted by molar-refractivity contribution is 8.00. The number of ether oxygens (including phenoxy) is 1. The molecule has 0 aliphatic carbocycles. The molecule has 0 saturated heterocycles. The van der Waals surface area contributed by atoms with E-state index in [1.807, 2.05) is 0 Å². The van der Waals surface area contributed by atoms with Crippen LogP contribution < -0.4 is 0 Å². The van der Waals surface area contributed by atoms with Gasteiger partial charge in [0.05, 0.1) is 18.8 Å². The van der Waals surface area contributed by atoms with Gasteiger partial charge in [0.15, 0.2) is 11.6 Å². The van der Waals surface area contributed by atoms with Crippen molar-refractivity contribution in [2.75, 3.05) is 26.5 Å². The Morgan fingerprint density at radius 3 is 2.57 bits per heavy atom. The Kier molecular flexibility index (Phi) is 6.61. The lowest BCUT2D eigenvalue weighted by atomic mass is 10.2. The Labute approximate surface area is 126 Å². The molecule has 0 fully saturated rings. The number of halogens is 2. The maximum Gasteiger partial charge on any atom is 0.310 e. The Morgan fingerprint density at radius 2 is 2.00 bits per heavy atom. The van der Waals surface area contributed by atoms with Gasteiger partial charge < -0.3 is 9.64 Å².